The molecular weight excluding hydrogens is 400 g/mol. The minimum absolute atomic E-state index is 0. The average molecular weight is 419 g/mol. The molecule has 6 heteroatoms. The molecule has 0 aliphatic heterocycles. The highest BCUT2D eigenvalue weighted by molar-refractivity contribution is 14.0. The van der Waals surface area contributed by atoms with Crippen molar-refractivity contribution in [2.24, 2.45) is 4.99 Å². The molecule has 2 N–H and O–H groups in total. The van der Waals surface area contributed by atoms with Crippen molar-refractivity contribution in [3.63, 3.8) is 0 Å². The van der Waals surface area contributed by atoms with Gasteiger partial charge in [-0.25, -0.2) is 4.39 Å². The number of benzene rings is 1. The van der Waals surface area contributed by atoms with Crippen molar-refractivity contribution in [1.82, 2.24) is 10.6 Å². The van der Waals surface area contributed by atoms with Crippen LogP contribution in [-0.4, -0.2) is 13.0 Å². The van der Waals surface area contributed by atoms with Gasteiger partial charge < -0.3 is 10.6 Å². The first-order valence-corrected chi connectivity index (χ1v) is 7.23. The van der Waals surface area contributed by atoms with Crippen LogP contribution < -0.4 is 10.6 Å². The third kappa shape index (κ3) is 6.01. The van der Waals surface area contributed by atoms with Gasteiger partial charge in [-0.3, -0.25) is 4.99 Å². The number of thiophene rings is 1. The predicted molar refractivity (Wildman–Crippen MR) is 97.9 cm³/mol. The molecule has 0 aliphatic rings. The van der Waals surface area contributed by atoms with E-state index in [1.165, 1.54) is 21.9 Å². The van der Waals surface area contributed by atoms with Gasteiger partial charge in [0.25, 0.3) is 0 Å². The second kappa shape index (κ2) is 8.99. The van der Waals surface area contributed by atoms with Gasteiger partial charge in [-0.2, -0.15) is 0 Å². The van der Waals surface area contributed by atoms with Gasteiger partial charge in [0.15, 0.2) is 5.96 Å². The van der Waals surface area contributed by atoms with Crippen LogP contribution >= 0.6 is 35.3 Å². The van der Waals surface area contributed by atoms with Crippen molar-refractivity contribution in [2.45, 2.75) is 20.0 Å². The maximum absolute atomic E-state index is 12.8. The van der Waals surface area contributed by atoms with E-state index in [0.717, 1.165) is 18.1 Å². The van der Waals surface area contributed by atoms with E-state index in [2.05, 4.69) is 34.7 Å². The molecule has 0 amide bonds. The summed E-state index contributed by atoms with van der Waals surface area (Å²) in [4.78, 5) is 6.74. The molecule has 0 atom stereocenters. The fraction of sp³-hybridized carbons (Fsp3) is 0.267. The van der Waals surface area contributed by atoms with E-state index in [1.54, 1.807) is 30.5 Å². The molecule has 21 heavy (non-hydrogen) atoms. The first kappa shape index (κ1) is 17.9. The Hall–Kier alpha value is -1.15. The molecule has 1 heterocycles. The fourth-order valence-electron chi connectivity index (χ4n) is 1.76. The van der Waals surface area contributed by atoms with Crippen molar-refractivity contribution < 1.29 is 4.39 Å². The Labute approximate surface area is 145 Å². The van der Waals surface area contributed by atoms with Gasteiger partial charge in [-0.15, -0.1) is 35.3 Å². The third-order valence-corrected chi connectivity index (χ3v) is 3.82. The van der Waals surface area contributed by atoms with E-state index in [9.17, 15) is 4.39 Å². The van der Waals surface area contributed by atoms with Gasteiger partial charge in [0.1, 0.15) is 5.82 Å². The lowest BCUT2D eigenvalue weighted by Crippen LogP contribution is -2.36. The van der Waals surface area contributed by atoms with E-state index >= 15 is 0 Å². The Kier molecular flexibility index (Phi) is 7.66. The normalized spacial score (nSPS) is 10.9. The van der Waals surface area contributed by atoms with E-state index < -0.39 is 0 Å². The summed E-state index contributed by atoms with van der Waals surface area (Å²) >= 11 is 1.77. The summed E-state index contributed by atoms with van der Waals surface area (Å²) in [5, 5.41) is 6.46. The molecule has 0 saturated carbocycles. The smallest absolute Gasteiger partial charge is 0.191 e. The number of hydrogen-bond acceptors (Lipinski definition) is 2. The molecule has 2 aromatic rings. The van der Waals surface area contributed by atoms with Gasteiger partial charge in [0.2, 0.25) is 0 Å². The fourth-order valence-corrected chi connectivity index (χ4v) is 2.59. The Morgan fingerprint density at radius 2 is 1.76 bits per heavy atom. The molecular formula is C15H19FIN3S. The zero-order valence-corrected chi connectivity index (χ0v) is 15.2. The molecule has 0 spiro atoms. The standard InChI is InChI=1S/C15H18FN3S.HI/c1-11-3-8-14(20-11)10-19-15(17-2)18-9-12-4-6-13(16)7-5-12;/h3-8H,9-10H2,1-2H3,(H2,17,18,19);1H. The van der Waals surface area contributed by atoms with Crippen LogP contribution in [0.5, 0.6) is 0 Å². The number of rotatable bonds is 4. The number of nitrogens with one attached hydrogen (secondary N) is 2. The van der Waals surface area contributed by atoms with Crippen molar-refractivity contribution in [3.8, 4) is 0 Å². The second-order valence-corrected chi connectivity index (χ2v) is 5.79. The lowest BCUT2D eigenvalue weighted by molar-refractivity contribution is 0.626. The van der Waals surface area contributed by atoms with Gasteiger partial charge in [-0.1, -0.05) is 12.1 Å². The molecule has 1 aromatic heterocycles. The molecule has 0 radical (unpaired) electrons. The molecule has 1 aromatic carbocycles. The maximum atomic E-state index is 12.8. The van der Waals surface area contributed by atoms with Gasteiger partial charge in [0, 0.05) is 23.3 Å². The lowest BCUT2D eigenvalue weighted by Gasteiger charge is -2.11. The number of nitrogens with zero attached hydrogens (tertiary/aromatic N) is 1. The molecule has 0 aliphatic carbocycles. The first-order valence-electron chi connectivity index (χ1n) is 6.41. The summed E-state index contributed by atoms with van der Waals surface area (Å²) in [6.45, 7) is 3.46. The minimum atomic E-state index is -0.218. The van der Waals surface area contributed by atoms with Gasteiger partial charge in [0.05, 0.1) is 6.54 Å². The molecule has 2 rings (SSSR count). The molecule has 0 unspecified atom stereocenters. The van der Waals surface area contributed by atoms with Crippen LogP contribution in [0.3, 0.4) is 0 Å². The van der Waals surface area contributed by atoms with Crippen molar-refractivity contribution in [3.05, 3.63) is 57.5 Å². The molecule has 0 saturated heterocycles. The molecule has 3 nitrogen and oxygen atoms in total. The van der Waals surface area contributed by atoms with Gasteiger partial charge >= 0.3 is 0 Å². The van der Waals surface area contributed by atoms with Crippen LogP contribution in [0.1, 0.15) is 15.3 Å². The highest BCUT2D eigenvalue weighted by Crippen LogP contribution is 2.14. The monoisotopic (exact) mass is 419 g/mol. The second-order valence-electron chi connectivity index (χ2n) is 4.42. The zero-order chi connectivity index (χ0) is 14.4. The maximum Gasteiger partial charge on any atom is 0.191 e. The van der Waals surface area contributed by atoms with E-state index in [1.807, 2.05) is 0 Å². The average Bonchev–Trinajstić information content (AvgIpc) is 2.87. The summed E-state index contributed by atoms with van der Waals surface area (Å²) in [5.41, 5.74) is 1.02. The lowest BCUT2D eigenvalue weighted by atomic mass is 10.2. The Morgan fingerprint density at radius 3 is 2.33 bits per heavy atom. The number of halogens is 2. The SMILES string of the molecule is CN=C(NCc1ccc(F)cc1)NCc1ccc(C)s1.I. The zero-order valence-electron chi connectivity index (χ0n) is 12.0. The molecule has 0 fully saturated rings. The summed E-state index contributed by atoms with van der Waals surface area (Å²) < 4.78 is 12.8. The van der Waals surface area contributed by atoms with Crippen LogP contribution in [0.4, 0.5) is 4.39 Å². The minimum Gasteiger partial charge on any atom is -0.352 e. The van der Waals surface area contributed by atoms with Gasteiger partial charge in [-0.05, 0) is 36.8 Å². The van der Waals surface area contributed by atoms with E-state index in [-0.39, 0.29) is 29.8 Å². The highest BCUT2D eigenvalue weighted by atomic mass is 127. The Balaban J connectivity index is 0.00000220. The molecule has 114 valence electrons. The van der Waals surface area contributed by atoms with Crippen molar-refractivity contribution in [1.29, 1.82) is 0 Å². The van der Waals surface area contributed by atoms with Crippen molar-refractivity contribution >= 4 is 41.3 Å². The quantitative estimate of drug-likeness (QED) is 0.451. The van der Waals surface area contributed by atoms with Crippen LogP contribution in [-0.2, 0) is 13.1 Å². The topological polar surface area (TPSA) is 36.4 Å². The Bertz CT molecular complexity index is 581. The van der Waals surface area contributed by atoms with Crippen molar-refractivity contribution in [2.75, 3.05) is 7.05 Å². The summed E-state index contributed by atoms with van der Waals surface area (Å²) in [6.07, 6.45) is 0. The summed E-state index contributed by atoms with van der Waals surface area (Å²) in [5.74, 6) is 0.518. The highest BCUT2D eigenvalue weighted by Gasteiger charge is 2.01. The summed E-state index contributed by atoms with van der Waals surface area (Å²) in [6, 6.07) is 10.7. The number of aryl methyl sites for hydroxylation is 1. The number of guanidine groups is 1. The van der Waals surface area contributed by atoms with Crippen LogP contribution in [0, 0.1) is 12.7 Å². The number of aliphatic imine (C=N–C) groups is 1. The first-order chi connectivity index (χ1) is 9.67. The molecule has 0 bridgehead atoms. The van der Waals surface area contributed by atoms with Crippen LogP contribution in [0.25, 0.3) is 0 Å². The van der Waals surface area contributed by atoms with Crippen LogP contribution in [0.15, 0.2) is 41.4 Å². The third-order valence-electron chi connectivity index (χ3n) is 2.82. The van der Waals surface area contributed by atoms with Crippen LogP contribution in [0.2, 0.25) is 0 Å². The largest absolute Gasteiger partial charge is 0.352 e. The Morgan fingerprint density at radius 1 is 1.10 bits per heavy atom. The number of hydrogen-bond donors (Lipinski definition) is 2. The van der Waals surface area contributed by atoms with E-state index in [0.29, 0.717) is 6.54 Å². The predicted octanol–water partition coefficient (Wildman–Crippen LogP) is 3.68. The summed E-state index contributed by atoms with van der Waals surface area (Å²) in [7, 11) is 1.74. The van der Waals surface area contributed by atoms with E-state index in [4.69, 9.17) is 0 Å².